The molecule has 0 aromatic rings. The van der Waals surface area contributed by atoms with Crippen LogP contribution >= 0.6 is 0 Å². The Bertz CT molecular complexity index is 828. The van der Waals surface area contributed by atoms with Crippen LogP contribution in [-0.2, 0) is 39.1 Å². The van der Waals surface area contributed by atoms with Crippen molar-refractivity contribution in [3.8, 4) is 12.1 Å². The van der Waals surface area contributed by atoms with Gasteiger partial charge in [-0.05, 0) is 26.7 Å². The molecule has 0 aliphatic rings. The Hall–Kier alpha value is -2.74. The van der Waals surface area contributed by atoms with Gasteiger partial charge in [-0.1, -0.05) is 8.67 Å². The third-order valence-electron chi connectivity index (χ3n) is 2.71. The first kappa shape index (κ1) is 29.5. The molecule has 0 spiro atoms. The minimum absolute atomic E-state index is 0.0462. The number of rotatable bonds is 11. The van der Waals surface area contributed by atoms with Gasteiger partial charge in [-0.3, -0.25) is 9.11 Å². The van der Waals surface area contributed by atoms with Crippen LogP contribution in [0.1, 0.15) is 26.7 Å². The molecule has 170 valence electrons. The molecule has 0 saturated carbocycles. The molecule has 0 aliphatic carbocycles. The summed E-state index contributed by atoms with van der Waals surface area (Å²) < 4.78 is 58.9. The Morgan fingerprint density at radius 3 is 1.27 bits per heavy atom. The van der Waals surface area contributed by atoms with E-state index in [1.807, 2.05) is 12.1 Å². The SMILES string of the molecule is CC(C#N)CC(N=NC(CC(C)C#N)C(=O)O)C(=O)O.O=S(=O)(O)OOS(=O)(=O)O. The van der Waals surface area contributed by atoms with Crippen LogP contribution in [0.3, 0.4) is 0 Å². The number of azo groups is 1. The molecule has 30 heavy (non-hydrogen) atoms. The minimum Gasteiger partial charge on any atom is -0.480 e. The summed E-state index contributed by atoms with van der Waals surface area (Å²) in [5.41, 5.74) is 0. The highest BCUT2D eigenvalue weighted by atomic mass is 32.3. The number of nitriles is 2. The molecule has 0 fully saturated rings. The zero-order valence-electron chi connectivity index (χ0n) is 15.4. The van der Waals surface area contributed by atoms with Crippen molar-refractivity contribution < 1.29 is 54.4 Å². The monoisotopic (exact) mass is 474 g/mol. The third kappa shape index (κ3) is 17.4. The van der Waals surface area contributed by atoms with E-state index in [0.717, 1.165) is 0 Å². The quantitative estimate of drug-likeness (QED) is 0.133. The van der Waals surface area contributed by atoms with E-state index in [0.29, 0.717) is 0 Å². The second-order valence-electron chi connectivity index (χ2n) is 5.46. The van der Waals surface area contributed by atoms with Crippen molar-refractivity contribution in [3.63, 3.8) is 0 Å². The Balaban J connectivity index is 0. The van der Waals surface area contributed by atoms with Gasteiger partial charge in [0.2, 0.25) is 0 Å². The third-order valence-corrected chi connectivity index (χ3v) is 3.28. The summed E-state index contributed by atoms with van der Waals surface area (Å²) in [6.07, 6.45) is -0.0923. The summed E-state index contributed by atoms with van der Waals surface area (Å²) in [6, 6.07) is 1.23. The predicted molar refractivity (Wildman–Crippen MR) is 91.8 cm³/mol. The van der Waals surface area contributed by atoms with Gasteiger partial charge >= 0.3 is 32.7 Å². The predicted octanol–water partition coefficient (Wildman–Crippen LogP) is -0.0152. The Kier molecular flexibility index (Phi) is 13.2. The molecule has 0 heterocycles. The summed E-state index contributed by atoms with van der Waals surface area (Å²) in [5, 5.41) is 42.2. The highest BCUT2D eigenvalue weighted by molar-refractivity contribution is 7.83. The largest absolute Gasteiger partial charge is 0.480 e. The Morgan fingerprint density at radius 2 is 1.10 bits per heavy atom. The molecule has 0 aromatic heterocycles. The van der Waals surface area contributed by atoms with Crippen LogP contribution in [0.25, 0.3) is 0 Å². The van der Waals surface area contributed by atoms with Crippen LogP contribution in [0.4, 0.5) is 0 Å². The standard InChI is InChI=1S/C12H16N4O4.H2O8S2/c1-7(5-13)3-9(11(17)18)15-16-10(12(19)20)4-8(2)6-14;1-9(2,3)7-8-10(4,5)6/h7-10H,3-4H2,1-2H3,(H,17,18)(H,19,20);(H,1,2,3)(H,4,5,6). The molecule has 4 unspecified atom stereocenters. The lowest BCUT2D eigenvalue weighted by Crippen LogP contribution is -2.23. The van der Waals surface area contributed by atoms with Gasteiger partial charge in [0.1, 0.15) is 0 Å². The van der Waals surface area contributed by atoms with Gasteiger partial charge in [0, 0.05) is 11.8 Å². The average molecular weight is 474 g/mol. The lowest BCUT2D eigenvalue weighted by Gasteiger charge is -2.10. The zero-order valence-corrected chi connectivity index (χ0v) is 17.0. The first-order valence-corrected chi connectivity index (χ1v) is 10.2. The number of carbonyl (C=O) groups is 2. The van der Waals surface area contributed by atoms with Gasteiger partial charge in [-0.25, -0.2) is 9.59 Å². The second kappa shape index (κ2) is 13.5. The van der Waals surface area contributed by atoms with E-state index in [-0.39, 0.29) is 12.8 Å². The van der Waals surface area contributed by atoms with Crippen molar-refractivity contribution in [2.24, 2.45) is 22.1 Å². The first-order chi connectivity index (χ1) is 13.5. The van der Waals surface area contributed by atoms with E-state index >= 15 is 0 Å². The molecule has 16 nitrogen and oxygen atoms in total. The Labute approximate surface area is 171 Å². The molecule has 0 saturated heterocycles. The molecule has 0 amide bonds. The van der Waals surface area contributed by atoms with E-state index in [9.17, 15) is 26.4 Å². The molecule has 18 heteroatoms. The lowest BCUT2D eigenvalue weighted by molar-refractivity contribution is -0.140. The average Bonchev–Trinajstić information content (AvgIpc) is 2.60. The van der Waals surface area contributed by atoms with Gasteiger partial charge < -0.3 is 10.2 Å². The molecule has 0 aliphatic heterocycles. The van der Waals surface area contributed by atoms with Crippen LogP contribution in [0.2, 0.25) is 0 Å². The fraction of sp³-hybridized carbons (Fsp3) is 0.667. The van der Waals surface area contributed by atoms with Crippen LogP contribution in [0.15, 0.2) is 10.2 Å². The molecule has 0 rings (SSSR count). The number of hydrogen-bond donors (Lipinski definition) is 4. The van der Waals surface area contributed by atoms with E-state index in [1.54, 1.807) is 0 Å². The maximum Gasteiger partial charge on any atom is 0.425 e. The van der Waals surface area contributed by atoms with Gasteiger partial charge in [0.15, 0.2) is 12.1 Å². The summed E-state index contributed by atoms with van der Waals surface area (Å²) in [5.74, 6) is -3.60. The smallest absolute Gasteiger partial charge is 0.425 e. The van der Waals surface area contributed by atoms with Crippen molar-refractivity contribution in [3.05, 3.63) is 0 Å². The van der Waals surface area contributed by atoms with Crippen molar-refractivity contribution in [1.82, 2.24) is 0 Å². The van der Waals surface area contributed by atoms with Crippen molar-refractivity contribution in [1.29, 1.82) is 10.5 Å². The van der Waals surface area contributed by atoms with Crippen molar-refractivity contribution in [2.75, 3.05) is 0 Å². The fourth-order valence-electron chi connectivity index (χ4n) is 1.40. The van der Waals surface area contributed by atoms with Crippen LogP contribution in [0, 0.1) is 34.5 Å². The van der Waals surface area contributed by atoms with E-state index in [4.69, 9.17) is 29.8 Å². The van der Waals surface area contributed by atoms with Crippen molar-refractivity contribution >= 4 is 32.7 Å². The lowest BCUT2D eigenvalue weighted by atomic mass is 10.0. The molecule has 0 bridgehead atoms. The van der Waals surface area contributed by atoms with Crippen LogP contribution in [0.5, 0.6) is 0 Å². The van der Waals surface area contributed by atoms with E-state index < -0.39 is 56.7 Å². The molecular formula is C12H18N4O12S2. The Morgan fingerprint density at radius 1 is 0.833 bits per heavy atom. The molecule has 0 aromatic carbocycles. The van der Waals surface area contributed by atoms with Crippen molar-refractivity contribution in [2.45, 2.75) is 38.8 Å². The number of aliphatic carboxylic acids is 2. The maximum absolute atomic E-state index is 10.9. The second-order valence-corrected chi connectivity index (χ2v) is 7.45. The normalized spacial score (nSPS) is 15.5. The number of carboxylic acid groups (broad SMARTS) is 2. The molecular weight excluding hydrogens is 456 g/mol. The number of hydrogen-bond acceptors (Lipinski definition) is 12. The van der Waals surface area contributed by atoms with Crippen LogP contribution in [-0.4, -0.2) is 60.2 Å². The molecule has 0 radical (unpaired) electrons. The van der Waals surface area contributed by atoms with Gasteiger partial charge in [-0.2, -0.15) is 37.6 Å². The summed E-state index contributed by atoms with van der Waals surface area (Å²) in [4.78, 5) is 21.9. The fourth-order valence-corrected chi connectivity index (χ4v) is 1.96. The zero-order chi connectivity index (χ0) is 24.1. The van der Waals surface area contributed by atoms with Gasteiger partial charge in [0.05, 0.1) is 12.1 Å². The number of carboxylic acids is 2. The topological polar surface area (TPSA) is 274 Å². The highest BCUT2D eigenvalue weighted by Gasteiger charge is 2.23. The maximum atomic E-state index is 10.9. The van der Waals surface area contributed by atoms with E-state index in [2.05, 4.69) is 18.9 Å². The summed E-state index contributed by atoms with van der Waals surface area (Å²) >= 11 is 0. The molecule has 4 atom stereocenters. The first-order valence-electron chi connectivity index (χ1n) is 7.49. The minimum atomic E-state index is -5.02. The summed E-state index contributed by atoms with van der Waals surface area (Å²) in [7, 11) is -10.0. The summed E-state index contributed by atoms with van der Waals surface area (Å²) in [6.45, 7) is 3.08. The van der Waals surface area contributed by atoms with Crippen LogP contribution < -0.4 is 0 Å². The van der Waals surface area contributed by atoms with Gasteiger partial charge in [-0.15, -0.1) is 0 Å². The van der Waals surface area contributed by atoms with E-state index in [1.165, 1.54) is 13.8 Å². The van der Waals surface area contributed by atoms with Gasteiger partial charge in [0.25, 0.3) is 0 Å². The highest BCUT2D eigenvalue weighted by Crippen LogP contribution is 2.13. The molecule has 4 N–H and O–H groups in total. The number of nitrogens with zero attached hydrogens (tertiary/aromatic N) is 4.